The molecule has 2 saturated heterocycles. The summed E-state index contributed by atoms with van der Waals surface area (Å²) < 4.78 is 17.6. The standard InChI is InChI=1S/C44H56N4O8/c1-7-40(52)22-26-23-43(38(50)55-5,34-28(14-18-47(24-26)25-40)27-12-9-10-13-31(27)45-34)30-20-29-32(21-33(30)54-4)46(3)36-42(29)16-19-48-17-11-15-41(8-2,35(42)48)37(49)44(36,53)39(51)56-6/h9-13,15,20-21,26,35-37,45,49,52-53H,7-8,14,16-19,22-25H2,1-6H3/t26?,35-,36+,37+,40+,41+,42+,43+,44-/m1/s1. The molecule has 12 nitrogen and oxygen atoms in total. The molecule has 1 saturated carbocycles. The number of likely N-dealkylation sites (N-methyl/N-ethyl adjacent to an activating group) is 1. The number of H-pyrrole nitrogens is 1. The number of nitrogens with zero attached hydrogens (tertiary/aromatic N) is 3. The average Bonchev–Trinajstić information content (AvgIpc) is 3.87. The van der Waals surface area contributed by atoms with Crippen LogP contribution in [0.2, 0.25) is 0 Å². The largest absolute Gasteiger partial charge is 0.496 e. The smallest absolute Gasteiger partial charge is 0.342 e. The molecular formula is C44H56N4O8. The van der Waals surface area contributed by atoms with Crippen LogP contribution in [0.25, 0.3) is 10.9 Å². The van der Waals surface area contributed by atoms with E-state index >= 15 is 4.79 Å². The molecule has 300 valence electrons. The summed E-state index contributed by atoms with van der Waals surface area (Å²) in [4.78, 5) is 39.7. The molecule has 1 spiro atoms. The number of hydrogen-bond donors (Lipinski definition) is 4. The molecule has 2 aromatic carbocycles. The number of carbonyl (C=O) groups excluding carboxylic acids is 2. The molecule has 1 aromatic heterocycles. The van der Waals surface area contributed by atoms with Gasteiger partial charge in [-0.25, -0.2) is 4.79 Å². The summed E-state index contributed by atoms with van der Waals surface area (Å²) in [5.41, 5.74) is -1.43. The second-order valence-electron chi connectivity index (χ2n) is 17.6. The third kappa shape index (κ3) is 4.59. The average molecular weight is 769 g/mol. The number of methoxy groups -OCH3 is 3. The second kappa shape index (κ2) is 12.8. The minimum absolute atomic E-state index is 0.0795. The van der Waals surface area contributed by atoms with Crippen LogP contribution in [0.15, 0.2) is 48.6 Å². The first-order valence-corrected chi connectivity index (χ1v) is 20.3. The summed E-state index contributed by atoms with van der Waals surface area (Å²) >= 11 is 0. The Labute approximate surface area is 328 Å². The number of aliphatic hydroxyl groups excluding tert-OH is 1. The van der Waals surface area contributed by atoms with Crippen LogP contribution in [0.5, 0.6) is 5.75 Å². The number of nitrogens with one attached hydrogen (secondary N) is 1. The number of piperidine rings is 1. The number of carbonyl (C=O) groups is 2. The Kier molecular flexibility index (Phi) is 8.59. The molecular weight excluding hydrogens is 713 g/mol. The fourth-order valence-corrected chi connectivity index (χ4v) is 13.2. The van der Waals surface area contributed by atoms with E-state index in [-0.39, 0.29) is 12.0 Å². The fourth-order valence-electron chi connectivity index (χ4n) is 13.2. The Hall–Kier alpha value is -3.94. The summed E-state index contributed by atoms with van der Waals surface area (Å²) in [5.74, 6) is -0.908. The van der Waals surface area contributed by atoms with Gasteiger partial charge in [-0.2, -0.15) is 0 Å². The highest BCUT2D eigenvalue weighted by Crippen LogP contribution is 2.67. The lowest BCUT2D eigenvalue weighted by atomic mass is 9.47. The predicted molar refractivity (Wildman–Crippen MR) is 211 cm³/mol. The van der Waals surface area contributed by atoms with Gasteiger partial charge in [0, 0.05) is 84.0 Å². The number of aliphatic hydroxyl groups is 3. The number of esters is 2. The quantitative estimate of drug-likeness (QED) is 0.216. The molecule has 2 bridgehead atoms. The maximum Gasteiger partial charge on any atom is 0.342 e. The molecule has 0 radical (unpaired) electrons. The third-order valence-electron chi connectivity index (χ3n) is 15.4. The van der Waals surface area contributed by atoms with Crippen LogP contribution >= 0.6 is 0 Å². The molecule has 2 unspecified atom stereocenters. The summed E-state index contributed by atoms with van der Waals surface area (Å²) in [6.07, 6.45) is 5.82. The normalized spacial score (nSPS) is 38.4. The number of aromatic amines is 1. The van der Waals surface area contributed by atoms with Gasteiger partial charge in [0.25, 0.3) is 0 Å². The highest BCUT2D eigenvalue weighted by Gasteiger charge is 2.79. The van der Waals surface area contributed by atoms with Gasteiger partial charge in [-0.05, 0) is 74.2 Å². The number of fused-ring (bicyclic) bond motifs is 6. The fraction of sp³-hybridized carbons (Fsp3) is 0.591. The molecule has 1 aliphatic carbocycles. The van der Waals surface area contributed by atoms with Crippen molar-refractivity contribution in [3.05, 3.63) is 70.9 Å². The van der Waals surface area contributed by atoms with E-state index in [9.17, 15) is 20.1 Å². The van der Waals surface area contributed by atoms with Gasteiger partial charge >= 0.3 is 11.9 Å². The van der Waals surface area contributed by atoms with Crippen molar-refractivity contribution in [2.24, 2.45) is 11.3 Å². The first-order chi connectivity index (χ1) is 26.8. The van der Waals surface area contributed by atoms with Crippen LogP contribution in [0.4, 0.5) is 5.69 Å². The highest BCUT2D eigenvalue weighted by molar-refractivity contribution is 5.95. The zero-order valence-electron chi connectivity index (χ0n) is 33.4. The number of hydrogen-bond acceptors (Lipinski definition) is 11. The zero-order chi connectivity index (χ0) is 39.6. The summed E-state index contributed by atoms with van der Waals surface area (Å²) in [6.45, 7) is 7.41. The van der Waals surface area contributed by atoms with E-state index in [1.165, 1.54) is 14.2 Å². The minimum atomic E-state index is -2.29. The lowest BCUT2D eigenvalue weighted by molar-refractivity contribution is -0.218. The Balaban J connectivity index is 1.36. The highest BCUT2D eigenvalue weighted by atomic mass is 16.5. The SMILES string of the molecule is CC[C@]1(O)CC2CN(CCc3c([nH]c4ccccc34)[C@@](C(=O)OC)(c3cc4c(cc3OC)N(C)[C@@H]3[C@](O)(C(=O)OC)[C@@H](O)[C@@]5(CC)C=CCN6CC[C@@]43[C@H]65)C2)C1. The van der Waals surface area contributed by atoms with Crippen molar-refractivity contribution in [2.45, 2.75) is 92.6 Å². The van der Waals surface area contributed by atoms with Gasteiger partial charge in [0.1, 0.15) is 17.3 Å². The van der Waals surface area contributed by atoms with Crippen LogP contribution in [-0.2, 0) is 36.3 Å². The van der Waals surface area contributed by atoms with Crippen LogP contribution in [-0.4, -0.2) is 133 Å². The van der Waals surface area contributed by atoms with Crippen molar-refractivity contribution in [2.75, 3.05) is 66.0 Å². The number of ether oxygens (including phenoxy) is 3. The van der Waals surface area contributed by atoms with E-state index in [2.05, 4.69) is 26.9 Å². The van der Waals surface area contributed by atoms with Crippen LogP contribution in [0.3, 0.4) is 0 Å². The van der Waals surface area contributed by atoms with Gasteiger partial charge in [-0.1, -0.05) is 44.2 Å². The summed E-state index contributed by atoms with van der Waals surface area (Å²) in [5, 5.41) is 38.3. The Bertz CT molecular complexity index is 2140. The molecule has 6 heterocycles. The molecule has 56 heavy (non-hydrogen) atoms. The predicted octanol–water partition coefficient (Wildman–Crippen LogP) is 3.42. The van der Waals surface area contributed by atoms with E-state index in [1.807, 2.05) is 62.2 Å². The second-order valence-corrected chi connectivity index (χ2v) is 17.6. The molecule has 3 fully saturated rings. The first kappa shape index (κ1) is 37.6. The minimum Gasteiger partial charge on any atom is -0.496 e. The van der Waals surface area contributed by atoms with Crippen molar-refractivity contribution in [3.63, 3.8) is 0 Å². The van der Waals surface area contributed by atoms with Crippen molar-refractivity contribution in [1.82, 2.24) is 14.8 Å². The van der Waals surface area contributed by atoms with Gasteiger partial charge in [-0.15, -0.1) is 0 Å². The van der Waals surface area contributed by atoms with Crippen molar-refractivity contribution < 1.29 is 39.1 Å². The maximum absolute atomic E-state index is 15.2. The zero-order valence-corrected chi connectivity index (χ0v) is 33.4. The summed E-state index contributed by atoms with van der Waals surface area (Å²) in [7, 11) is 6.17. The van der Waals surface area contributed by atoms with E-state index < -0.39 is 51.5 Å². The van der Waals surface area contributed by atoms with Gasteiger partial charge in [0.05, 0.1) is 33.0 Å². The van der Waals surface area contributed by atoms with E-state index in [0.29, 0.717) is 69.5 Å². The first-order valence-electron chi connectivity index (χ1n) is 20.3. The Morgan fingerprint density at radius 1 is 0.964 bits per heavy atom. The Morgan fingerprint density at radius 3 is 2.45 bits per heavy atom. The molecule has 6 aliphatic rings. The number of para-hydroxylation sites is 1. The maximum atomic E-state index is 15.2. The van der Waals surface area contributed by atoms with Gasteiger partial charge in [-0.3, -0.25) is 14.6 Å². The van der Waals surface area contributed by atoms with Gasteiger partial charge < -0.3 is 39.4 Å². The van der Waals surface area contributed by atoms with Crippen molar-refractivity contribution >= 4 is 28.5 Å². The lowest BCUT2D eigenvalue weighted by Crippen LogP contribution is -2.80. The molecule has 12 heteroatoms. The van der Waals surface area contributed by atoms with Crippen molar-refractivity contribution in [3.8, 4) is 5.75 Å². The molecule has 9 rings (SSSR count). The van der Waals surface area contributed by atoms with E-state index in [4.69, 9.17) is 14.2 Å². The molecule has 4 N–H and O–H groups in total. The third-order valence-corrected chi connectivity index (χ3v) is 15.4. The van der Waals surface area contributed by atoms with Gasteiger partial charge in [0.15, 0.2) is 0 Å². The van der Waals surface area contributed by atoms with E-state index in [0.717, 1.165) is 46.5 Å². The number of benzene rings is 2. The molecule has 0 amide bonds. The lowest BCUT2D eigenvalue weighted by Gasteiger charge is -2.63. The van der Waals surface area contributed by atoms with Crippen LogP contribution < -0.4 is 9.64 Å². The van der Waals surface area contributed by atoms with E-state index in [1.54, 1.807) is 7.11 Å². The van der Waals surface area contributed by atoms with Crippen LogP contribution in [0.1, 0.15) is 68.3 Å². The Morgan fingerprint density at radius 2 is 1.73 bits per heavy atom. The van der Waals surface area contributed by atoms with Crippen LogP contribution in [0, 0.1) is 11.3 Å². The molecule has 10 atom stereocenters. The number of rotatable bonds is 6. The topological polar surface area (TPSA) is 148 Å². The summed E-state index contributed by atoms with van der Waals surface area (Å²) in [6, 6.07) is 11.1. The monoisotopic (exact) mass is 768 g/mol. The number of anilines is 1. The molecule has 3 aromatic rings. The van der Waals surface area contributed by atoms with Crippen molar-refractivity contribution in [1.29, 1.82) is 0 Å². The van der Waals surface area contributed by atoms with Gasteiger partial charge in [0.2, 0.25) is 5.60 Å². The molecule has 5 aliphatic heterocycles. The number of aromatic nitrogens is 1.